The average Bonchev–Trinajstić information content (AvgIpc) is 2.54. The molecule has 0 fully saturated rings. The Morgan fingerprint density at radius 2 is 1.92 bits per heavy atom. The predicted octanol–water partition coefficient (Wildman–Crippen LogP) is 2.85. The van der Waals surface area contributed by atoms with Gasteiger partial charge in [0.1, 0.15) is 12.6 Å². The van der Waals surface area contributed by atoms with E-state index in [1.54, 1.807) is 6.20 Å². The van der Waals surface area contributed by atoms with Crippen LogP contribution in [0.15, 0.2) is 24.9 Å². The summed E-state index contributed by atoms with van der Waals surface area (Å²) in [5, 5.41) is 5.31. The first-order chi connectivity index (χ1) is 11.5. The second-order valence-electron chi connectivity index (χ2n) is 6.12. The molecule has 0 aliphatic carbocycles. The summed E-state index contributed by atoms with van der Waals surface area (Å²) >= 11 is 0. The Bertz CT molecular complexity index is 395. The van der Waals surface area contributed by atoms with Gasteiger partial charge in [-0.2, -0.15) is 0 Å². The third-order valence-electron chi connectivity index (χ3n) is 3.32. The molecule has 6 nitrogen and oxygen atoms in total. The number of unbranched alkanes of at least 4 members (excludes halogenated alkanes) is 4. The Kier molecular flexibility index (Phi) is 13.6. The molecule has 0 saturated carbocycles. The number of nitrogens with two attached hydrogens (primary N) is 1. The van der Waals surface area contributed by atoms with E-state index < -0.39 is 12.1 Å². The number of amides is 2. The molecule has 0 spiro atoms. The number of hydrogen-bond donors (Lipinski definition) is 3. The highest BCUT2D eigenvalue weighted by Crippen LogP contribution is 2.06. The van der Waals surface area contributed by atoms with E-state index in [1.165, 1.54) is 6.08 Å². The molecule has 0 heterocycles. The minimum Gasteiger partial charge on any atom is -0.445 e. The zero-order valence-electron chi connectivity index (χ0n) is 15.1. The van der Waals surface area contributed by atoms with Crippen LogP contribution in [-0.2, 0) is 9.53 Å². The molecule has 0 aromatic rings. The van der Waals surface area contributed by atoms with Gasteiger partial charge in [-0.25, -0.2) is 4.79 Å². The van der Waals surface area contributed by atoms with Crippen LogP contribution in [-0.4, -0.2) is 31.2 Å². The number of hydrogen-bond acceptors (Lipinski definition) is 4. The van der Waals surface area contributed by atoms with Gasteiger partial charge in [0.05, 0.1) is 0 Å². The highest BCUT2D eigenvalue weighted by Gasteiger charge is 2.21. The monoisotopic (exact) mass is 339 g/mol. The van der Waals surface area contributed by atoms with Crippen molar-refractivity contribution in [1.29, 1.82) is 0 Å². The summed E-state index contributed by atoms with van der Waals surface area (Å²) in [7, 11) is 0. The van der Waals surface area contributed by atoms with E-state index in [-0.39, 0.29) is 18.4 Å². The summed E-state index contributed by atoms with van der Waals surface area (Å²) in [5.41, 5.74) is 5.44. The van der Waals surface area contributed by atoms with Crippen LogP contribution in [0, 0.1) is 5.92 Å². The van der Waals surface area contributed by atoms with Crippen molar-refractivity contribution in [2.45, 2.75) is 58.4 Å². The quantitative estimate of drug-likeness (QED) is 0.355. The van der Waals surface area contributed by atoms with Gasteiger partial charge in [-0.15, -0.1) is 0 Å². The Morgan fingerprint density at radius 1 is 1.21 bits per heavy atom. The lowest BCUT2D eigenvalue weighted by Crippen LogP contribution is -2.46. The lowest BCUT2D eigenvalue weighted by atomic mass is 10.0. The Labute approximate surface area is 145 Å². The van der Waals surface area contributed by atoms with Gasteiger partial charge in [0.15, 0.2) is 0 Å². The summed E-state index contributed by atoms with van der Waals surface area (Å²) in [6, 6.07) is -0.614. The maximum atomic E-state index is 12.2. The first-order valence-corrected chi connectivity index (χ1v) is 8.70. The van der Waals surface area contributed by atoms with Crippen LogP contribution in [0.5, 0.6) is 0 Å². The Morgan fingerprint density at radius 3 is 2.54 bits per heavy atom. The molecular weight excluding hydrogens is 306 g/mol. The summed E-state index contributed by atoms with van der Waals surface area (Å²) in [4.78, 5) is 23.8. The highest BCUT2D eigenvalue weighted by atomic mass is 16.5. The fraction of sp³-hybridized carbons (Fsp3) is 0.667. The van der Waals surface area contributed by atoms with Gasteiger partial charge < -0.3 is 21.1 Å². The fourth-order valence-electron chi connectivity index (χ4n) is 2.11. The van der Waals surface area contributed by atoms with Crippen LogP contribution in [0.1, 0.15) is 52.4 Å². The molecule has 6 heteroatoms. The van der Waals surface area contributed by atoms with Crippen molar-refractivity contribution < 1.29 is 14.3 Å². The molecule has 1 atom stereocenters. The first-order valence-electron chi connectivity index (χ1n) is 8.70. The molecule has 0 rings (SSSR count). The molecule has 138 valence electrons. The second-order valence-corrected chi connectivity index (χ2v) is 6.12. The number of nitrogens with one attached hydrogen (secondary N) is 2. The number of carbonyl (C=O) groups excluding carboxylic acids is 2. The number of alkyl carbamates (subject to hydrolysis) is 1. The maximum absolute atomic E-state index is 12.2. The van der Waals surface area contributed by atoms with Crippen molar-refractivity contribution >= 4 is 12.0 Å². The van der Waals surface area contributed by atoms with Crippen LogP contribution in [0.2, 0.25) is 0 Å². The van der Waals surface area contributed by atoms with Crippen LogP contribution >= 0.6 is 0 Å². The second kappa shape index (κ2) is 14.8. The summed E-state index contributed by atoms with van der Waals surface area (Å²) in [6.45, 7) is 8.32. The molecule has 4 N–H and O–H groups in total. The highest BCUT2D eigenvalue weighted by molar-refractivity contribution is 5.86. The molecule has 24 heavy (non-hydrogen) atoms. The summed E-state index contributed by atoms with van der Waals surface area (Å²) < 4.78 is 4.87. The minimum atomic E-state index is -0.614. The molecule has 0 aromatic heterocycles. The zero-order chi connectivity index (χ0) is 18.2. The van der Waals surface area contributed by atoms with Crippen molar-refractivity contribution in [3.05, 3.63) is 24.9 Å². The molecule has 2 amide bonds. The number of allylic oxidation sites excluding steroid dienone is 1. The van der Waals surface area contributed by atoms with Crippen LogP contribution in [0.3, 0.4) is 0 Å². The van der Waals surface area contributed by atoms with Crippen molar-refractivity contribution in [2.75, 3.05) is 13.2 Å². The van der Waals surface area contributed by atoms with Crippen LogP contribution in [0.25, 0.3) is 0 Å². The van der Waals surface area contributed by atoms with Gasteiger partial charge in [0.2, 0.25) is 5.91 Å². The van der Waals surface area contributed by atoms with Gasteiger partial charge in [-0.3, -0.25) is 4.79 Å². The smallest absolute Gasteiger partial charge is 0.408 e. The number of carbonyl (C=O) groups is 2. The number of rotatable bonds is 13. The van der Waals surface area contributed by atoms with E-state index in [0.717, 1.165) is 38.6 Å². The molecule has 0 radical (unpaired) electrons. The van der Waals surface area contributed by atoms with E-state index in [9.17, 15) is 9.59 Å². The van der Waals surface area contributed by atoms with Gasteiger partial charge in [0, 0.05) is 0 Å². The largest absolute Gasteiger partial charge is 0.445 e. The fourth-order valence-corrected chi connectivity index (χ4v) is 2.11. The lowest BCUT2D eigenvalue weighted by Gasteiger charge is -2.18. The van der Waals surface area contributed by atoms with Crippen molar-refractivity contribution in [2.24, 2.45) is 11.7 Å². The minimum absolute atomic E-state index is 0.117. The average molecular weight is 339 g/mol. The molecule has 0 bridgehead atoms. The third kappa shape index (κ3) is 12.7. The van der Waals surface area contributed by atoms with E-state index in [1.807, 2.05) is 19.9 Å². The maximum Gasteiger partial charge on any atom is 0.408 e. The first kappa shape index (κ1) is 22.2. The van der Waals surface area contributed by atoms with Crippen LogP contribution < -0.4 is 16.4 Å². The van der Waals surface area contributed by atoms with E-state index in [0.29, 0.717) is 6.42 Å². The van der Waals surface area contributed by atoms with Crippen LogP contribution in [0.4, 0.5) is 4.79 Å². The van der Waals surface area contributed by atoms with E-state index in [2.05, 4.69) is 17.2 Å². The topological polar surface area (TPSA) is 93.4 Å². The lowest BCUT2D eigenvalue weighted by molar-refractivity contribution is -0.122. The van der Waals surface area contributed by atoms with Crippen molar-refractivity contribution in [3.8, 4) is 0 Å². The standard InChI is InChI=1S/C18H33N3O3/c1-4-13-24-18(23)21-16(14-15(2)3)17(22)20-12-10-8-6-5-7-9-11-19/h4,10,12,15-16H,1,5-9,11,13-14,19H2,2-3H3,(H,20,22)(H,21,23)/t16-/m0/s1. The van der Waals surface area contributed by atoms with Crippen molar-refractivity contribution in [1.82, 2.24) is 10.6 Å². The molecule has 0 unspecified atom stereocenters. The predicted molar refractivity (Wildman–Crippen MR) is 97.3 cm³/mol. The van der Waals surface area contributed by atoms with Gasteiger partial charge >= 0.3 is 6.09 Å². The molecule has 0 aromatic carbocycles. The SMILES string of the molecule is C=CCOC(=O)N[C@@H](CC(C)C)C(=O)NC=CCCCCCCN. The molecule has 0 saturated heterocycles. The summed E-state index contributed by atoms with van der Waals surface area (Å²) in [5.74, 6) is 0.0330. The van der Waals surface area contributed by atoms with Gasteiger partial charge in [-0.1, -0.05) is 45.4 Å². The summed E-state index contributed by atoms with van der Waals surface area (Å²) in [6.07, 6.45) is 10.3. The Hall–Kier alpha value is -1.82. The normalized spacial score (nSPS) is 12.2. The molecular formula is C18H33N3O3. The molecule has 0 aliphatic rings. The van der Waals surface area contributed by atoms with Crippen molar-refractivity contribution in [3.63, 3.8) is 0 Å². The zero-order valence-corrected chi connectivity index (χ0v) is 15.1. The number of ether oxygens (including phenoxy) is 1. The van der Waals surface area contributed by atoms with E-state index >= 15 is 0 Å². The Balaban J connectivity index is 4.19. The molecule has 0 aliphatic heterocycles. The van der Waals surface area contributed by atoms with Gasteiger partial charge in [0.25, 0.3) is 0 Å². The van der Waals surface area contributed by atoms with Gasteiger partial charge in [-0.05, 0) is 44.3 Å². The van der Waals surface area contributed by atoms with E-state index in [4.69, 9.17) is 10.5 Å². The third-order valence-corrected chi connectivity index (χ3v) is 3.32.